The van der Waals surface area contributed by atoms with Gasteiger partial charge in [-0.05, 0) is 18.1 Å². The maximum atomic E-state index is 10.4. The molecule has 0 aliphatic rings. The lowest BCUT2D eigenvalue weighted by molar-refractivity contribution is -0.117. The molecule has 1 aromatic rings. The van der Waals surface area contributed by atoms with Crippen LogP contribution in [-0.4, -0.2) is 5.91 Å². The number of rotatable bonds is 3. The fourth-order valence-electron chi connectivity index (χ4n) is 0.844. The van der Waals surface area contributed by atoms with Gasteiger partial charge in [0.05, 0.1) is 0 Å². The zero-order valence-corrected chi connectivity index (χ0v) is 6.21. The Morgan fingerprint density at radius 1 is 1.55 bits per heavy atom. The normalized spacial score (nSPS) is 9.45. The average Bonchev–Trinajstić information content (AvgIpc) is 2.03. The van der Waals surface area contributed by atoms with Crippen LogP contribution in [0.5, 0.6) is 0 Å². The molecule has 2 nitrogen and oxygen atoms in total. The Kier molecular flexibility index (Phi) is 2.66. The summed E-state index contributed by atoms with van der Waals surface area (Å²) in [6.45, 7) is 0. The number of aryl methyl sites for hydroxylation is 1. The molecule has 0 aliphatic heterocycles. The van der Waals surface area contributed by atoms with Gasteiger partial charge in [-0.1, -0.05) is 24.3 Å². The molecule has 0 saturated carbocycles. The van der Waals surface area contributed by atoms with E-state index in [1.807, 2.05) is 24.3 Å². The molecule has 0 bridgehead atoms. The molecule has 1 radical (unpaired) electrons. The molecule has 0 spiro atoms. The molecular formula is C9H10NO. The molecule has 0 aliphatic carbocycles. The maximum Gasteiger partial charge on any atom is 0.217 e. The van der Waals surface area contributed by atoms with Gasteiger partial charge >= 0.3 is 0 Å². The third-order valence-corrected chi connectivity index (χ3v) is 1.41. The molecule has 1 rings (SSSR count). The van der Waals surface area contributed by atoms with E-state index in [0.29, 0.717) is 12.8 Å². The minimum absolute atomic E-state index is 0.262. The molecule has 11 heavy (non-hydrogen) atoms. The van der Waals surface area contributed by atoms with E-state index in [1.165, 1.54) is 0 Å². The Bertz CT molecular complexity index is 231. The minimum atomic E-state index is -0.262. The summed E-state index contributed by atoms with van der Waals surface area (Å²) in [5.74, 6) is -0.262. The van der Waals surface area contributed by atoms with E-state index < -0.39 is 0 Å². The highest BCUT2D eigenvalue weighted by Crippen LogP contribution is 2.00. The van der Waals surface area contributed by atoms with Crippen LogP contribution >= 0.6 is 0 Å². The van der Waals surface area contributed by atoms with Crippen molar-refractivity contribution >= 4 is 5.91 Å². The predicted molar refractivity (Wildman–Crippen MR) is 42.8 cm³/mol. The van der Waals surface area contributed by atoms with Gasteiger partial charge in [-0.2, -0.15) is 0 Å². The van der Waals surface area contributed by atoms with E-state index in [9.17, 15) is 4.79 Å². The maximum absolute atomic E-state index is 10.4. The first-order chi connectivity index (χ1) is 5.29. The lowest BCUT2D eigenvalue weighted by Gasteiger charge is -1.95. The molecule has 0 unspecified atom stereocenters. The van der Waals surface area contributed by atoms with Crippen molar-refractivity contribution in [3.05, 3.63) is 35.9 Å². The van der Waals surface area contributed by atoms with Gasteiger partial charge in [0.2, 0.25) is 5.91 Å². The van der Waals surface area contributed by atoms with Crippen molar-refractivity contribution in [1.29, 1.82) is 0 Å². The Morgan fingerprint density at radius 3 is 2.91 bits per heavy atom. The smallest absolute Gasteiger partial charge is 0.217 e. The lowest BCUT2D eigenvalue weighted by atomic mass is 10.1. The van der Waals surface area contributed by atoms with Gasteiger partial charge in [-0.15, -0.1) is 0 Å². The summed E-state index contributed by atoms with van der Waals surface area (Å²) in [4.78, 5) is 10.4. The van der Waals surface area contributed by atoms with Crippen molar-refractivity contribution in [2.75, 3.05) is 0 Å². The minimum Gasteiger partial charge on any atom is -0.370 e. The van der Waals surface area contributed by atoms with Crippen LogP contribution in [0.4, 0.5) is 0 Å². The number of hydrogen-bond donors (Lipinski definition) is 1. The number of hydrogen-bond acceptors (Lipinski definition) is 1. The highest BCUT2D eigenvalue weighted by molar-refractivity contribution is 5.73. The summed E-state index contributed by atoms with van der Waals surface area (Å²) in [6.07, 6.45) is 1.09. The SMILES string of the molecule is NC(=O)CCc1[c]cccc1. The van der Waals surface area contributed by atoms with Gasteiger partial charge in [0.1, 0.15) is 0 Å². The van der Waals surface area contributed by atoms with Crippen LogP contribution in [0.25, 0.3) is 0 Å². The second-order valence-electron chi connectivity index (χ2n) is 2.35. The van der Waals surface area contributed by atoms with Gasteiger partial charge in [0.25, 0.3) is 0 Å². The van der Waals surface area contributed by atoms with Crippen molar-refractivity contribution in [1.82, 2.24) is 0 Å². The van der Waals surface area contributed by atoms with Crippen LogP contribution < -0.4 is 5.73 Å². The van der Waals surface area contributed by atoms with Crippen molar-refractivity contribution in [3.63, 3.8) is 0 Å². The molecule has 0 aromatic heterocycles. The fourth-order valence-corrected chi connectivity index (χ4v) is 0.844. The zero-order valence-electron chi connectivity index (χ0n) is 6.21. The highest BCUT2D eigenvalue weighted by Gasteiger charge is 1.95. The topological polar surface area (TPSA) is 43.1 Å². The predicted octanol–water partition coefficient (Wildman–Crippen LogP) is 0.905. The summed E-state index contributed by atoms with van der Waals surface area (Å²) >= 11 is 0. The number of nitrogens with two attached hydrogens (primary N) is 1. The van der Waals surface area contributed by atoms with E-state index in [2.05, 4.69) is 6.07 Å². The summed E-state index contributed by atoms with van der Waals surface area (Å²) in [6, 6.07) is 10.6. The van der Waals surface area contributed by atoms with Gasteiger partial charge in [-0.25, -0.2) is 0 Å². The standard InChI is InChI=1S/C9H10NO/c10-9(11)7-6-8-4-2-1-3-5-8/h1-4H,6-7H2,(H2,10,11). The quantitative estimate of drug-likeness (QED) is 0.680. The van der Waals surface area contributed by atoms with Crippen LogP contribution in [0.15, 0.2) is 24.3 Å². The molecule has 0 atom stereocenters. The number of benzene rings is 1. The molecule has 0 fully saturated rings. The van der Waals surface area contributed by atoms with Crippen LogP contribution in [0.1, 0.15) is 12.0 Å². The monoisotopic (exact) mass is 148 g/mol. The van der Waals surface area contributed by atoms with Crippen LogP contribution in [0.2, 0.25) is 0 Å². The van der Waals surface area contributed by atoms with Crippen LogP contribution in [0.3, 0.4) is 0 Å². The first kappa shape index (κ1) is 7.79. The first-order valence-electron chi connectivity index (χ1n) is 3.53. The van der Waals surface area contributed by atoms with Crippen molar-refractivity contribution in [3.8, 4) is 0 Å². The summed E-state index contributed by atoms with van der Waals surface area (Å²) in [5, 5.41) is 0. The van der Waals surface area contributed by atoms with Gasteiger partial charge in [-0.3, -0.25) is 4.79 Å². The van der Waals surface area contributed by atoms with E-state index in [0.717, 1.165) is 5.56 Å². The number of carbonyl (C=O) groups is 1. The van der Waals surface area contributed by atoms with E-state index in [-0.39, 0.29) is 5.91 Å². The Balaban J connectivity index is 2.45. The van der Waals surface area contributed by atoms with E-state index in [4.69, 9.17) is 5.73 Å². The van der Waals surface area contributed by atoms with Gasteiger partial charge in [0, 0.05) is 6.42 Å². The molecule has 57 valence electrons. The van der Waals surface area contributed by atoms with E-state index in [1.54, 1.807) is 0 Å². The molecule has 2 N–H and O–H groups in total. The summed E-state index contributed by atoms with van der Waals surface area (Å²) < 4.78 is 0. The summed E-state index contributed by atoms with van der Waals surface area (Å²) in [7, 11) is 0. The molecule has 1 amide bonds. The Morgan fingerprint density at radius 2 is 2.36 bits per heavy atom. The zero-order chi connectivity index (χ0) is 8.10. The average molecular weight is 148 g/mol. The molecule has 0 heterocycles. The van der Waals surface area contributed by atoms with Crippen LogP contribution in [0, 0.1) is 6.07 Å². The number of primary amides is 1. The first-order valence-corrected chi connectivity index (χ1v) is 3.53. The Labute approximate surface area is 66.0 Å². The van der Waals surface area contributed by atoms with Crippen LogP contribution in [-0.2, 0) is 11.2 Å². The second kappa shape index (κ2) is 3.76. The van der Waals surface area contributed by atoms with E-state index >= 15 is 0 Å². The van der Waals surface area contributed by atoms with Gasteiger partial charge in [0.15, 0.2) is 0 Å². The fraction of sp³-hybridized carbons (Fsp3) is 0.222. The second-order valence-corrected chi connectivity index (χ2v) is 2.35. The molecule has 0 saturated heterocycles. The number of amides is 1. The third kappa shape index (κ3) is 2.85. The largest absolute Gasteiger partial charge is 0.370 e. The molecule has 1 aromatic carbocycles. The lowest BCUT2D eigenvalue weighted by Crippen LogP contribution is -2.11. The van der Waals surface area contributed by atoms with Crippen molar-refractivity contribution in [2.24, 2.45) is 5.73 Å². The molecule has 2 heteroatoms. The highest BCUT2D eigenvalue weighted by atomic mass is 16.1. The molecular weight excluding hydrogens is 138 g/mol. The Hall–Kier alpha value is -1.31. The number of carbonyl (C=O) groups excluding carboxylic acids is 1. The summed E-state index contributed by atoms with van der Waals surface area (Å²) in [5.41, 5.74) is 6.02. The third-order valence-electron chi connectivity index (χ3n) is 1.41. The van der Waals surface area contributed by atoms with Crippen molar-refractivity contribution < 1.29 is 4.79 Å². The van der Waals surface area contributed by atoms with Gasteiger partial charge < -0.3 is 5.73 Å². The van der Waals surface area contributed by atoms with Crippen molar-refractivity contribution in [2.45, 2.75) is 12.8 Å².